The molecule has 2 aromatic rings. The monoisotopic (exact) mass is 356 g/mol. The standard InChI is InChI=1S/C20H21FN2O3/c1-14-6-4-5-7-16(14)13-20(2,3)22-19(24)11-9-15-8-10-17(21)12-18(15)23(25)26/h4-12H,13H2,1-3H3,(H,22,24)/b11-9+. The summed E-state index contributed by atoms with van der Waals surface area (Å²) in [5.74, 6) is -1.07. The van der Waals surface area contributed by atoms with Crippen LogP contribution in [0.3, 0.4) is 0 Å². The van der Waals surface area contributed by atoms with Gasteiger partial charge in [0.1, 0.15) is 5.82 Å². The normalized spacial score (nSPS) is 11.5. The first-order valence-electron chi connectivity index (χ1n) is 8.17. The number of hydrogen-bond donors (Lipinski definition) is 1. The Bertz CT molecular complexity index is 860. The Hall–Kier alpha value is -3.02. The Labute approximate surface area is 151 Å². The SMILES string of the molecule is Cc1ccccc1CC(C)(C)NC(=O)/C=C/c1ccc(F)cc1[N+](=O)[O-]. The van der Waals surface area contributed by atoms with E-state index in [1.807, 2.05) is 45.0 Å². The first-order valence-corrected chi connectivity index (χ1v) is 8.17. The number of rotatable bonds is 6. The van der Waals surface area contributed by atoms with E-state index in [0.717, 1.165) is 23.3 Å². The zero-order chi connectivity index (χ0) is 19.3. The summed E-state index contributed by atoms with van der Waals surface area (Å²) in [4.78, 5) is 22.5. The van der Waals surface area contributed by atoms with Crippen LogP contribution in [0.5, 0.6) is 0 Å². The van der Waals surface area contributed by atoms with Crippen molar-refractivity contribution in [1.29, 1.82) is 0 Å². The number of nitro groups is 1. The lowest BCUT2D eigenvalue weighted by Crippen LogP contribution is -2.44. The molecular formula is C20H21FN2O3. The molecular weight excluding hydrogens is 335 g/mol. The van der Waals surface area contributed by atoms with E-state index in [-0.39, 0.29) is 17.2 Å². The zero-order valence-electron chi connectivity index (χ0n) is 15.0. The molecule has 0 saturated carbocycles. The van der Waals surface area contributed by atoms with Crippen LogP contribution in [0.15, 0.2) is 48.5 Å². The number of aryl methyl sites for hydroxylation is 1. The van der Waals surface area contributed by atoms with Gasteiger partial charge in [-0.3, -0.25) is 14.9 Å². The van der Waals surface area contributed by atoms with Crippen molar-refractivity contribution in [3.63, 3.8) is 0 Å². The number of nitrogens with one attached hydrogen (secondary N) is 1. The Balaban J connectivity index is 2.09. The topological polar surface area (TPSA) is 72.2 Å². The van der Waals surface area contributed by atoms with Crippen molar-refractivity contribution in [3.8, 4) is 0 Å². The minimum atomic E-state index is -0.697. The minimum Gasteiger partial charge on any atom is -0.347 e. The maximum Gasteiger partial charge on any atom is 0.279 e. The predicted molar refractivity (Wildman–Crippen MR) is 99.2 cm³/mol. The van der Waals surface area contributed by atoms with Crippen molar-refractivity contribution in [2.24, 2.45) is 0 Å². The summed E-state index contributed by atoms with van der Waals surface area (Å²) in [7, 11) is 0. The third kappa shape index (κ3) is 5.24. The summed E-state index contributed by atoms with van der Waals surface area (Å²) < 4.78 is 13.2. The largest absolute Gasteiger partial charge is 0.347 e. The van der Waals surface area contributed by atoms with Crippen molar-refractivity contribution >= 4 is 17.7 Å². The van der Waals surface area contributed by atoms with Crippen molar-refractivity contribution in [1.82, 2.24) is 5.32 Å². The number of benzene rings is 2. The molecule has 0 saturated heterocycles. The van der Waals surface area contributed by atoms with Gasteiger partial charge in [0.15, 0.2) is 0 Å². The number of nitro benzene ring substituents is 1. The number of halogens is 1. The third-order valence-electron chi connectivity index (χ3n) is 3.96. The fraction of sp³-hybridized carbons (Fsp3) is 0.250. The average Bonchev–Trinajstić information content (AvgIpc) is 2.55. The molecule has 0 aromatic heterocycles. The molecule has 0 unspecified atom stereocenters. The Morgan fingerprint density at radius 1 is 1.27 bits per heavy atom. The first kappa shape index (κ1) is 19.3. The number of hydrogen-bond acceptors (Lipinski definition) is 3. The fourth-order valence-corrected chi connectivity index (χ4v) is 2.69. The van der Waals surface area contributed by atoms with Crippen LogP contribution in [0.25, 0.3) is 6.08 Å². The van der Waals surface area contributed by atoms with Crippen LogP contribution in [0.1, 0.15) is 30.5 Å². The van der Waals surface area contributed by atoms with Crippen LogP contribution < -0.4 is 5.32 Å². The summed E-state index contributed by atoms with van der Waals surface area (Å²) in [5, 5.41) is 13.9. The number of amides is 1. The van der Waals surface area contributed by atoms with Gasteiger partial charge in [0.25, 0.3) is 5.69 Å². The summed E-state index contributed by atoms with van der Waals surface area (Å²) >= 11 is 0. The highest BCUT2D eigenvalue weighted by atomic mass is 19.1. The second kappa shape index (κ2) is 7.91. The second-order valence-corrected chi connectivity index (χ2v) is 6.77. The van der Waals surface area contributed by atoms with E-state index in [0.29, 0.717) is 6.42 Å². The Morgan fingerprint density at radius 3 is 2.62 bits per heavy atom. The average molecular weight is 356 g/mol. The highest BCUT2D eigenvalue weighted by molar-refractivity contribution is 5.92. The van der Waals surface area contributed by atoms with Gasteiger partial charge in [-0.25, -0.2) is 4.39 Å². The smallest absolute Gasteiger partial charge is 0.279 e. The fourth-order valence-electron chi connectivity index (χ4n) is 2.69. The van der Waals surface area contributed by atoms with Gasteiger partial charge in [0.2, 0.25) is 5.91 Å². The summed E-state index contributed by atoms with van der Waals surface area (Å²) in [6.45, 7) is 5.83. The summed E-state index contributed by atoms with van der Waals surface area (Å²) in [6, 6.07) is 11.2. The molecule has 0 atom stereocenters. The van der Waals surface area contributed by atoms with Crippen molar-refractivity contribution in [3.05, 3.63) is 81.2 Å². The van der Waals surface area contributed by atoms with Crippen LogP contribution in [-0.4, -0.2) is 16.4 Å². The highest BCUT2D eigenvalue weighted by Gasteiger charge is 2.21. The van der Waals surface area contributed by atoms with E-state index in [9.17, 15) is 19.3 Å². The van der Waals surface area contributed by atoms with Gasteiger partial charge < -0.3 is 5.32 Å². The van der Waals surface area contributed by atoms with Crippen LogP contribution in [0, 0.1) is 22.9 Å². The summed E-state index contributed by atoms with van der Waals surface area (Å²) in [6.07, 6.45) is 3.19. The lowest BCUT2D eigenvalue weighted by molar-refractivity contribution is -0.385. The Morgan fingerprint density at radius 2 is 1.96 bits per heavy atom. The zero-order valence-corrected chi connectivity index (χ0v) is 15.0. The molecule has 26 heavy (non-hydrogen) atoms. The van der Waals surface area contributed by atoms with E-state index in [1.54, 1.807) is 0 Å². The van der Waals surface area contributed by atoms with Gasteiger partial charge in [-0.2, -0.15) is 0 Å². The molecule has 0 fully saturated rings. The number of carbonyl (C=O) groups excluding carboxylic acids is 1. The van der Waals surface area contributed by atoms with Crippen molar-refractivity contribution in [2.75, 3.05) is 0 Å². The molecule has 136 valence electrons. The van der Waals surface area contributed by atoms with E-state index < -0.39 is 16.3 Å². The molecule has 1 amide bonds. The van der Waals surface area contributed by atoms with Crippen LogP contribution in [0.2, 0.25) is 0 Å². The van der Waals surface area contributed by atoms with Gasteiger partial charge in [0, 0.05) is 11.6 Å². The van der Waals surface area contributed by atoms with Crippen molar-refractivity contribution < 1.29 is 14.1 Å². The van der Waals surface area contributed by atoms with Crippen molar-refractivity contribution in [2.45, 2.75) is 32.7 Å². The molecule has 0 aliphatic heterocycles. The first-order chi connectivity index (χ1) is 12.2. The van der Waals surface area contributed by atoms with Gasteiger partial charge in [-0.15, -0.1) is 0 Å². The summed E-state index contributed by atoms with van der Waals surface area (Å²) in [5.41, 5.74) is 1.57. The second-order valence-electron chi connectivity index (χ2n) is 6.77. The molecule has 0 aliphatic carbocycles. The molecule has 0 radical (unpaired) electrons. The molecule has 1 N–H and O–H groups in total. The predicted octanol–water partition coefficient (Wildman–Crippen LogP) is 4.19. The molecule has 6 heteroatoms. The quantitative estimate of drug-likeness (QED) is 0.479. The van der Waals surface area contributed by atoms with Gasteiger partial charge in [-0.05, 0) is 56.5 Å². The molecule has 0 spiro atoms. The van der Waals surface area contributed by atoms with Gasteiger partial charge in [-0.1, -0.05) is 24.3 Å². The molecule has 5 nitrogen and oxygen atoms in total. The van der Waals surface area contributed by atoms with Gasteiger partial charge in [0.05, 0.1) is 16.6 Å². The molecule has 0 aliphatic rings. The third-order valence-corrected chi connectivity index (χ3v) is 3.96. The van der Waals surface area contributed by atoms with E-state index >= 15 is 0 Å². The lowest BCUT2D eigenvalue weighted by Gasteiger charge is -2.26. The van der Waals surface area contributed by atoms with E-state index in [2.05, 4.69) is 5.32 Å². The molecule has 0 heterocycles. The van der Waals surface area contributed by atoms with Crippen LogP contribution in [-0.2, 0) is 11.2 Å². The van der Waals surface area contributed by atoms with E-state index in [1.165, 1.54) is 18.2 Å². The number of carbonyl (C=O) groups is 1. The Kier molecular flexibility index (Phi) is 5.87. The maximum atomic E-state index is 13.2. The molecule has 0 bridgehead atoms. The lowest BCUT2D eigenvalue weighted by atomic mass is 9.92. The maximum absolute atomic E-state index is 13.2. The van der Waals surface area contributed by atoms with Crippen LogP contribution >= 0.6 is 0 Å². The molecule has 2 aromatic carbocycles. The van der Waals surface area contributed by atoms with Gasteiger partial charge >= 0.3 is 0 Å². The number of nitrogens with zero attached hydrogens (tertiary/aromatic N) is 1. The minimum absolute atomic E-state index is 0.170. The van der Waals surface area contributed by atoms with E-state index in [4.69, 9.17) is 0 Å². The highest BCUT2D eigenvalue weighted by Crippen LogP contribution is 2.21. The van der Waals surface area contributed by atoms with Crippen LogP contribution in [0.4, 0.5) is 10.1 Å². The molecule has 2 rings (SSSR count).